The lowest BCUT2D eigenvalue weighted by Gasteiger charge is -2.67. The molecule has 0 aromatic rings. The first-order chi connectivity index (χ1) is 16.1. The number of hydrogen-bond acceptors (Lipinski definition) is 7. The van der Waals surface area contributed by atoms with Gasteiger partial charge in [-0.1, -0.05) is 38.0 Å². The van der Waals surface area contributed by atoms with E-state index in [4.69, 9.17) is 4.74 Å². The Balaban J connectivity index is 1.85. The van der Waals surface area contributed by atoms with Crippen molar-refractivity contribution < 1.29 is 34.8 Å². The number of hydrogen-bond donors (Lipinski definition) is 4. The molecule has 35 heavy (non-hydrogen) atoms. The number of ketones is 1. The van der Waals surface area contributed by atoms with Crippen LogP contribution < -0.4 is 0 Å². The molecule has 0 spiro atoms. The van der Waals surface area contributed by atoms with Crippen molar-refractivity contribution in [2.75, 3.05) is 0 Å². The summed E-state index contributed by atoms with van der Waals surface area (Å²) in [6.07, 6.45) is 4.01. The third-order valence-electron chi connectivity index (χ3n) is 10.7. The van der Waals surface area contributed by atoms with E-state index in [0.29, 0.717) is 19.3 Å². The van der Waals surface area contributed by atoms with E-state index in [1.165, 1.54) is 13.0 Å². The third-order valence-corrected chi connectivity index (χ3v) is 10.7. The maximum absolute atomic E-state index is 13.0. The van der Waals surface area contributed by atoms with Crippen molar-refractivity contribution in [3.63, 3.8) is 0 Å². The molecule has 3 saturated carbocycles. The minimum absolute atomic E-state index is 0.0172. The van der Waals surface area contributed by atoms with E-state index in [0.717, 1.165) is 11.1 Å². The SMILES string of the molecule is CC(=O)[C@]1(O)CC[C@@]2(O)[C@]1(C)[C@H](OC(=O)/C=C(\C)C(C)C)CC1[C@@]3(C)CC[C@H](O)CC3=CC[C@]12O. The van der Waals surface area contributed by atoms with Crippen LogP contribution in [0.15, 0.2) is 23.3 Å². The van der Waals surface area contributed by atoms with Gasteiger partial charge in [0.15, 0.2) is 5.78 Å². The third kappa shape index (κ3) is 3.38. The molecule has 1 unspecified atom stereocenters. The van der Waals surface area contributed by atoms with E-state index >= 15 is 0 Å². The second-order valence-electron chi connectivity index (χ2n) is 12.4. The molecular weight excluding hydrogens is 448 g/mol. The van der Waals surface area contributed by atoms with Crippen LogP contribution in [0.5, 0.6) is 0 Å². The van der Waals surface area contributed by atoms with Gasteiger partial charge in [0.05, 0.1) is 11.5 Å². The summed E-state index contributed by atoms with van der Waals surface area (Å²) in [5, 5.41) is 46.7. The number of aliphatic hydroxyl groups excluding tert-OH is 1. The van der Waals surface area contributed by atoms with Crippen LogP contribution in [0, 0.1) is 22.7 Å². The first-order valence-corrected chi connectivity index (χ1v) is 13.0. The van der Waals surface area contributed by atoms with Crippen molar-refractivity contribution in [2.45, 2.75) is 115 Å². The van der Waals surface area contributed by atoms with Crippen LogP contribution >= 0.6 is 0 Å². The van der Waals surface area contributed by atoms with Gasteiger partial charge in [0.1, 0.15) is 22.9 Å². The Labute approximate surface area is 208 Å². The quantitative estimate of drug-likeness (QED) is 0.271. The molecule has 4 aliphatic rings. The van der Waals surface area contributed by atoms with E-state index in [-0.39, 0.29) is 31.6 Å². The summed E-state index contributed by atoms with van der Waals surface area (Å²) in [5.74, 6) is -1.41. The smallest absolute Gasteiger partial charge is 0.330 e. The zero-order valence-electron chi connectivity index (χ0n) is 21.9. The van der Waals surface area contributed by atoms with Gasteiger partial charge in [0.25, 0.3) is 0 Å². The standard InChI is InChI=1S/C28H42O7/c1-16(2)17(3)13-23(31)35-22-15-21-24(5)9-8-20(30)14-19(24)7-10-27(21,33)28(34)12-11-26(32,18(4)29)25(22,28)6/h7,13,16,20-22,30,32-34H,8-12,14-15H2,1-6H3/b17-13+/t20-,21?,22+,24-,25+,26+,27-,28+/m0/s1. The number of aliphatic hydroxyl groups is 4. The fourth-order valence-corrected chi connectivity index (χ4v) is 7.90. The van der Waals surface area contributed by atoms with Crippen LogP contribution in [0.4, 0.5) is 0 Å². The number of carbonyl (C=O) groups is 2. The summed E-state index contributed by atoms with van der Waals surface area (Å²) in [4.78, 5) is 25.9. The summed E-state index contributed by atoms with van der Waals surface area (Å²) in [6, 6.07) is 0. The van der Waals surface area contributed by atoms with Crippen molar-refractivity contribution in [2.24, 2.45) is 22.7 Å². The summed E-state index contributed by atoms with van der Waals surface area (Å²) >= 11 is 0. The first-order valence-electron chi connectivity index (χ1n) is 13.0. The summed E-state index contributed by atoms with van der Waals surface area (Å²) in [5.41, 5.74) is -5.62. The number of ether oxygens (including phenoxy) is 1. The lowest BCUT2D eigenvalue weighted by Crippen LogP contribution is -2.78. The number of Topliss-reactive ketones (excluding diaryl/α,β-unsaturated/α-hetero) is 1. The van der Waals surface area contributed by atoms with Gasteiger partial charge >= 0.3 is 5.97 Å². The Morgan fingerprint density at radius 2 is 1.77 bits per heavy atom. The Hall–Kier alpha value is -1.54. The molecule has 4 rings (SSSR count). The molecule has 7 heteroatoms. The fourth-order valence-electron chi connectivity index (χ4n) is 7.90. The fraction of sp³-hybridized carbons (Fsp3) is 0.786. The number of fused-ring (bicyclic) bond motifs is 5. The molecule has 196 valence electrons. The topological polar surface area (TPSA) is 124 Å². The van der Waals surface area contributed by atoms with Gasteiger partial charge < -0.3 is 25.2 Å². The second kappa shape index (κ2) is 8.23. The Bertz CT molecular complexity index is 984. The van der Waals surface area contributed by atoms with E-state index in [2.05, 4.69) is 6.92 Å². The molecule has 0 aromatic carbocycles. The average molecular weight is 491 g/mol. The average Bonchev–Trinajstić information content (AvgIpc) is 3.00. The highest BCUT2D eigenvalue weighted by molar-refractivity contribution is 5.87. The second-order valence-corrected chi connectivity index (χ2v) is 12.4. The predicted molar refractivity (Wildman–Crippen MR) is 130 cm³/mol. The summed E-state index contributed by atoms with van der Waals surface area (Å²) in [7, 11) is 0. The van der Waals surface area contributed by atoms with Gasteiger partial charge in [-0.05, 0) is 77.0 Å². The summed E-state index contributed by atoms with van der Waals surface area (Å²) < 4.78 is 6.01. The van der Waals surface area contributed by atoms with E-state index in [9.17, 15) is 30.0 Å². The Morgan fingerprint density at radius 3 is 2.37 bits per heavy atom. The van der Waals surface area contributed by atoms with E-state index in [1.807, 2.05) is 26.8 Å². The molecule has 0 aromatic heterocycles. The summed E-state index contributed by atoms with van der Waals surface area (Å²) in [6.45, 7) is 10.7. The number of allylic oxidation sites excluding steroid dienone is 1. The van der Waals surface area contributed by atoms with Gasteiger partial charge in [-0.3, -0.25) is 4.79 Å². The normalized spacial score (nSPS) is 47.5. The van der Waals surface area contributed by atoms with E-state index in [1.54, 1.807) is 6.92 Å². The number of esters is 1. The Kier molecular flexibility index (Phi) is 6.24. The van der Waals surface area contributed by atoms with Gasteiger partial charge in [0, 0.05) is 12.0 Å². The first kappa shape index (κ1) is 26.5. The van der Waals surface area contributed by atoms with Gasteiger partial charge in [0.2, 0.25) is 0 Å². The minimum atomic E-state index is -1.95. The minimum Gasteiger partial charge on any atom is -0.458 e. The molecular formula is C28H42O7. The predicted octanol–water partition coefficient (Wildman–Crippen LogP) is 2.98. The number of carbonyl (C=O) groups excluding carboxylic acids is 2. The number of rotatable bonds is 4. The maximum atomic E-state index is 13.0. The largest absolute Gasteiger partial charge is 0.458 e. The van der Waals surface area contributed by atoms with Crippen molar-refractivity contribution in [1.82, 2.24) is 0 Å². The highest BCUT2D eigenvalue weighted by Crippen LogP contribution is 2.70. The molecule has 0 aliphatic heterocycles. The van der Waals surface area contributed by atoms with Gasteiger partial charge in [-0.2, -0.15) is 0 Å². The van der Waals surface area contributed by atoms with Crippen LogP contribution in [0.25, 0.3) is 0 Å². The van der Waals surface area contributed by atoms with Crippen LogP contribution in [-0.2, 0) is 14.3 Å². The molecule has 0 radical (unpaired) electrons. The van der Waals surface area contributed by atoms with Crippen LogP contribution in [0.1, 0.15) is 86.5 Å². The molecule has 0 bridgehead atoms. The zero-order chi connectivity index (χ0) is 26.2. The molecule has 7 nitrogen and oxygen atoms in total. The van der Waals surface area contributed by atoms with Gasteiger partial charge in [-0.15, -0.1) is 0 Å². The lowest BCUT2D eigenvalue weighted by molar-refractivity contribution is -0.314. The van der Waals surface area contributed by atoms with Crippen LogP contribution in [0.2, 0.25) is 0 Å². The Morgan fingerprint density at radius 1 is 1.11 bits per heavy atom. The molecule has 8 atom stereocenters. The van der Waals surface area contributed by atoms with Crippen molar-refractivity contribution in [3.05, 3.63) is 23.3 Å². The molecule has 4 N–H and O–H groups in total. The molecule has 3 fully saturated rings. The van der Waals surface area contributed by atoms with Gasteiger partial charge in [-0.25, -0.2) is 4.79 Å². The zero-order valence-corrected chi connectivity index (χ0v) is 21.9. The molecule has 0 amide bonds. The molecule has 0 heterocycles. The van der Waals surface area contributed by atoms with E-state index < -0.39 is 57.5 Å². The highest BCUT2D eigenvalue weighted by atomic mass is 16.5. The van der Waals surface area contributed by atoms with Crippen molar-refractivity contribution in [3.8, 4) is 0 Å². The maximum Gasteiger partial charge on any atom is 0.330 e. The van der Waals surface area contributed by atoms with Crippen LogP contribution in [-0.4, -0.2) is 61.2 Å². The monoisotopic (exact) mass is 490 g/mol. The van der Waals surface area contributed by atoms with Crippen molar-refractivity contribution in [1.29, 1.82) is 0 Å². The lowest BCUT2D eigenvalue weighted by atomic mass is 9.42. The molecule has 4 aliphatic carbocycles. The highest BCUT2D eigenvalue weighted by Gasteiger charge is 2.81. The molecule has 0 saturated heterocycles. The van der Waals surface area contributed by atoms with Crippen molar-refractivity contribution >= 4 is 11.8 Å². The van der Waals surface area contributed by atoms with Crippen LogP contribution in [0.3, 0.4) is 0 Å².